The monoisotopic (exact) mass is 1150 g/mol. The van der Waals surface area contributed by atoms with Gasteiger partial charge in [-0.1, -0.05) is 0 Å². The third kappa shape index (κ3) is 68.0. The molecular weight excluding hydrogens is 1050 g/mol. The molecule has 1 aliphatic heterocycles. The van der Waals surface area contributed by atoms with Crippen LogP contribution in [0.15, 0.2) is 0 Å². The second kappa shape index (κ2) is 47.0. The average molecular weight is 1150 g/mol. The van der Waals surface area contributed by atoms with Crippen LogP contribution < -0.4 is 37.6 Å². The van der Waals surface area contributed by atoms with E-state index in [0.29, 0.717) is 0 Å². The molecule has 0 unspecified atom stereocenters. The fraction of sp³-hybridized carbons (Fsp3) is 0.875. The molecule has 4 amide bonds. The first kappa shape index (κ1) is 88.6. The molecule has 15 N–H and O–H groups in total. The van der Waals surface area contributed by atoms with Gasteiger partial charge in [-0.2, -0.15) is 0 Å². The summed E-state index contributed by atoms with van der Waals surface area (Å²) in [6.07, 6.45) is 4.96. The molecule has 1 fully saturated rings. The van der Waals surface area contributed by atoms with Crippen molar-refractivity contribution >= 4 is 90.5 Å². The minimum absolute atomic E-state index is 0. The Morgan fingerprint density at radius 3 is 0.757 bits per heavy atom. The SMILES string of the molecule is C1CCOC1.CC(C)(CO)NC(=O)CCC(=O)NC(C)(C)CO.CC(C)(CO)NC(=O)CCC(=O)NC(C)(C)CO.CC(C)(CO)NCCCCNC(C)(C)CO.CC(C)(N)CO.Cl.Cl.O=C(Cl)CCC(=O)Cl.[B]. The van der Waals surface area contributed by atoms with E-state index in [1.807, 2.05) is 27.7 Å². The molecule has 1 heterocycles. The lowest BCUT2D eigenvalue weighted by Crippen LogP contribution is -2.48. The maximum Gasteiger partial charge on any atom is 0.222 e. The number of ether oxygens (including phenoxy) is 1. The van der Waals surface area contributed by atoms with Gasteiger partial charge in [-0.3, -0.25) is 28.8 Å². The summed E-state index contributed by atoms with van der Waals surface area (Å²) in [6.45, 7) is 28.6. The second-order valence-electron chi connectivity index (χ2n) is 21.7. The Balaban J connectivity index is -0.000000123. The van der Waals surface area contributed by atoms with Crippen molar-refractivity contribution in [3.63, 3.8) is 0 Å². The van der Waals surface area contributed by atoms with Crippen molar-refractivity contribution in [3.05, 3.63) is 0 Å². The lowest BCUT2D eigenvalue weighted by molar-refractivity contribution is -0.128. The summed E-state index contributed by atoms with van der Waals surface area (Å²) in [4.78, 5) is 65.8. The zero-order valence-electron chi connectivity index (χ0n) is 47.1. The molecule has 0 aromatic heterocycles. The van der Waals surface area contributed by atoms with Crippen LogP contribution in [0.4, 0.5) is 0 Å². The molecule has 0 spiro atoms. The lowest BCUT2D eigenvalue weighted by atomic mass is 10.1. The van der Waals surface area contributed by atoms with Crippen LogP contribution in [0.3, 0.4) is 0 Å². The Hall–Kier alpha value is -2.00. The summed E-state index contributed by atoms with van der Waals surface area (Å²) in [7, 11) is 0. The predicted octanol–water partition coefficient (Wildman–Crippen LogP) is 1.84. The molecule has 443 valence electrons. The highest BCUT2D eigenvalue weighted by atomic mass is 35.5. The van der Waals surface area contributed by atoms with Gasteiger partial charge >= 0.3 is 0 Å². The van der Waals surface area contributed by atoms with Gasteiger partial charge in [0.2, 0.25) is 34.1 Å². The van der Waals surface area contributed by atoms with Crippen molar-refractivity contribution in [2.45, 2.75) is 200 Å². The molecule has 3 radical (unpaired) electrons. The molecule has 0 aromatic carbocycles. The van der Waals surface area contributed by atoms with Gasteiger partial charge in [0.05, 0.1) is 68.4 Å². The van der Waals surface area contributed by atoms with Gasteiger partial charge in [-0.25, -0.2) is 0 Å². The van der Waals surface area contributed by atoms with Crippen molar-refractivity contribution in [1.29, 1.82) is 0 Å². The van der Waals surface area contributed by atoms with Crippen molar-refractivity contribution in [2.24, 2.45) is 5.73 Å². The molecule has 1 rings (SSSR count). The molecule has 26 heteroatoms. The topological polar surface area (TPSA) is 351 Å². The van der Waals surface area contributed by atoms with E-state index in [1.54, 1.807) is 69.2 Å². The Bertz CT molecular complexity index is 1310. The van der Waals surface area contributed by atoms with Gasteiger partial charge in [-0.15, -0.1) is 24.8 Å². The van der Waals surface area contributed by atoms with Crippen molar-refractivity contribution in [3.8, 4) is 0 Å². The standard InChI is InChI=1S/2C12H24N2O4.C12H28N2O2.C4H4Cl2O2.C4H11NO.C4H8O.B.2ClH/c2*1-11(2,7-15)13-9(17)5-6-10(18)14-12(3,4)8-16;1-11(2,9-15)13-7-5-6-8-14-12(3,4)10-16;5-3(7)1-2-4(6)8;1-4(2,5)3-6;1-2-4-5-3-1;;;/h2*15-16H,5-8H2,1-4H3,(H,13,17)(H,14,18);13-16H,5-10H2,1-4H3;1-2H2;6H,3,5H2,1-2H3;1-4H2;;2*1H. The Kier molecular flexibility index (Phi) is 56.3. The lowest BCUT2D eigenvalue weighted by Gasteiger charge is -2.25. The van der Waals surface area contributed by atoms with Crippen molar-refractivity contribution in [1.82, 2.24) is 31.9 Å². The van der Waals surface area contributed by atoms with Crippen LogP contribution in [0.1, 0.15) is 161 Å². The van der Waals surface area contributed by atoms with Crippen LogP contribution in [0, 0.1) is 0 Å². The number of nitrogens with one attached hydrogen (secondary N) is 6. The number of nitrogens with two attached hydrogens (primary N) is 1. The van der Waals surface area contributed by atoms with E-state index in [-0.39, 0.29) is 153 Å². The summed E-state index contributed by atoms with van der Waals surface area (Å²) in [5, 5.41) is 78.3. The number of aliphatic hydroxyl groups excluding tert-OH is 7. The van der Waals surface area contributed by atoms with Crippen molar-refractivity contribution in [2.75, 3.05) is 72.6 Å². The van der Waals surface area contributed by atoms with Gasteiger partial charge < -0.3 is 78.1 Å². The largest absolute Gasteiger partial charge is 0.394 e. The van der Waals surface area contributed by atoms with E-state index in [2.05, 4.69) is 31.9 Å². The van der Waals surface area contributed by atoms with Gasteiger partial charge in [-0.05, 0) is 159 Å². The maximum atomic E-state index is 11.5. The molecule has 74 heavy (non-hydrogen) atoms. The van der Waals surface area contributed by atoms with Gasteiger partial charge in [0, 0.05) is 76.8 Å². The molecule has 1 aliphatic rings. The Labute approximate surface area is 467 Å². The number of amides is 4. The molecule has 21 nitrogen and oxygen atoms in total. The Morgan fingerprint density at radius 1 is 0.419 bits per heavy atom. The molecule has 0 atom stereocenters. The first-order valence-corrected chi connectivity index (χ1v) is 24.7. The summed E-state index contributed by atoms with van der Waals surface area (Å²) < 4.78 is 4.94. The number of rotatable bonds is 27. The Morgan fingerprint density at radius 2 is 0.622 bits per heavy atom. The van der Waals surface area contributed by atoms with E-state index in [9.17, 15) is 28.8 Å². The van der Waals surface area contributed by atoms with Crippen LogP contribution in [0.2, 0.25) is 0 Å². The number of halogens is 4. The summed E-state index contributed by atoms with van der Waals surface area (Å²) in [5.41, 5.74) is 1.79. The highest BCUT2D eigenvalue weighted by Gasteiger charge is 2.24. The summed E-state index contributed by atoms with van der Waals surface area (Å²) >= 11 is 9.74. The number of hydrogen-bond donors (Lipinski definition) is 14. The fourth-order valence-electron chi connectivity index (χ4n) is 4.29. The van der Waals surface area contributed by atoms with Crippen LogP contribution in [0.25, 0.3) is 0 Å². The minimum atomic E-state index is -0.683. The summed E-state index contributed by atoms with van der Waals surface area (Å²) in [5.74, 6) is -1.14. The fourth-order valence-corrected chi connectivity index (χ4v) is 4.48. The molecule has 1 saturated heterocycles. The van der Waals surface area contributed by atoms with E-state index in [1.165, 1.54) is 12.8 Å². The zero-order chi connectivity index (χ0) is 56.8. The highest BCUT2D eigenvalue weighted by molar-refractivity contribution is 6.66. The van der Waals surface area contributed by atoms with Crippen molar-refractivity contribution < 1.29 is 69.2 Å². The molecule has 0 aromatic rings. The third-order valence-electron chi connectivity index (χ3n) is 9.00. The number of hydrogen-bond acceptors (Lipinski definition) is 17. The quantitative estimate of drug-likeness (QED) is 0.0317. The highest BCUT2D eigenvalue weighted by Crippen LogP contribution is 2.07. The first-order valence-electron chi connectivity index (χ1n) is 24.0. The van der Waals surface area contributed by atoms with E-state index in [0.717, 1.165) is 39.1 Å². The molecule has 0 bridgehead atoms. The number of unbranched alkanes of at least 4 members (excludes halogenated alkanes) is 1. The smallest absolute Gasteiger partial charge is 0.222 e. The molecule has 0 saturated carbocycles. The number of carbonyl (C=O) groups excluding carboxylic acids is 6. The van der Waals surface area contributed by atoms with Crippen LogP contribution in [0.5, 0.6) is 0 Å². The zero-order valence-corrected chi connectivity index (χ0v) is 50.2. The third-order valence-corrected chi connectivity index (χ3v) is 9.38. The van der Waals surface area contributed by atoms with E-state index >= 15 is 0 Å². The molecule has 0 aliphatic carbocycles. The van der Waals surface area contributed by atoms with E-state index in [4.69, 9.17) is 69.4 Å². The average Bonchev–Trinajstić information content (AvgIpc) is 3.86. The normalized spacial score (nSPS) is 12.3. The number of aliphatic hydroxyl groups is 7. The van der Waals surface area contributed by atoms with Crippen LogP contribution >= 0.6 is 48.0 Å². The van der Waals surface area contributed by atoms with Crippen LogP contribution in [-0.4, -0.2) is 190 Å². The first-order chi connectivity index (χ1) is 32.2. The van der Waals surface area contributed by atoms with E-state index < -0.39 is 38.2 Å². The van der Waals surface area contributed by atoms with Gasteiger partial charge in [0.1, 0.15) is 0 Å². The predicted molar refractivity (Wildman–Crippen MR) is 300 cm³/mol. The van der Waals surface area contributed by atoms with Gasteiger partial charge in [0.15, 0.2) is 0 Å². The number of carbonyl (C=O) groups is 6. The maximum absolute atomic E-state index is 11.5. The minimum Gasteiger partial charge on any atom is -0.394 e. The second-order valence-corrected chi connectivity index (χ2v) is 22.5. The van der Waals surface area contributed by atoms with Gasteiger partial charge in [0.25, 0.3) is 0 Å². The summed E-state index contributed by atoms with van der Waals surface area (Å²) in [6, 6.07) is 0. The van der Waals surface area contributed by atoms with Crippen LogP contribution in [-0.2, 0) is 33.5 Å². The molecular formula is C48H101BCl4N7O14.